The first kappa shape index (κ1) is 37.5. The van der Waals surface area contributed by atoms with Gasteiger partial charge in [-0.15, -0.1) is 0 Å². The Hall–Kier alpha value is -6.35. The van der Waals surface area contributed by atoms with Crippen molar-refractivity contribution >= 4 is 36.0 Å². The zero-order chi connectivity index (χ0) is 37.4. The molecular weight excluding hydrogens is 651 g/mol. The van der Waals surface area contributed by atoms with E-state index in [0.29, 0.717) is 16.7 Å². The third-order valence-electron chi connectivity index (χ3n) is 7.16. The Morgan fingerprint density at radius 1 is 0.549 bits per heavy atom. The summed E-state index contributed by atoms with van der Waals surface area (Å²) >= 11 is 0. The van der Waals surface area contributed by atoms with E-state index in [9.17, 15) is 19.2 Å². The molecule has 0 saturated heterocycles. The average Bonchev–Trinajstić information content (AvgIpc) is 3.07. The zero-order valence-corrected chi connectivity index (χ0v) is 29.0. The Labute approximate surface area is 296 Å². The molecule has 0 amide bonds. The van der Waals surface area contributed by atoms with Crippen molar-refractivity contribution in [2.45, 2.75) is 34.6 Å². The van der Waals surface area contributed by atoms with Gasteiger partial charge in [-0.25, -0.2) is 18.8 Å². The number of hydrogen-bond acceptors (Lipinski definition) is 8. The van der Waals surface area contributed by atoms with Gasteiger partial charge in [0.1, 0.15) is 28.8 Å². The fourth-order valence-corrected chi connectivity index (χ4v) is 4.36. The molecule has 0 spiro atoms. The molecule has 0 aromatic heterocycles. The molecule has 0 fully saturated rings. The van der Waals surface area contributed by atoms with Crippen LogP contribution in [-0.2, 0) is 19.2 Å². The highest BCUT2D eigenvalue weighted by atomic mass is 19.1. The van der Waals surface area contributed by atoms with Crippen molar-refractivity contribution in [2.24, 2.45) is 5.92 Å². The summed E-state index contributed by atoms with van der Waals surface area (Å²) in [7, 11) is 0. The summed E-state index contributed by atoms with van der Waals surface area (Å²) in [5, 5.41) is 0. The molecule has 0 aliphatic carbocycles. The fourth-order valence-electron chi connectivity index (χ4n) is 4.36. The van der Waals surface area contributed by atoms with E-state index < -0.39 is 29.7 Å². The number of esters is 4. The number of benzene rings is 4. The van der Waals surface area contributed by atoms with E-state index in [1.165, 1.54) is 39.0 Å². The van der Waals surface area contributed by atoms with E-state index in [1.807, 2.05) is 24.3 Å². The lowest BCUT2D eigenvalue weighted by Gasteiger charge is -2.12. The van der Waals surface area contributed by atoms with Crippen LogP contribution in [0.1, 0.15) is 45.7 Å². The molecular formula is C42H37FO8. The van der Waals surface area contributed by atoms with E-state index in [1.54, 1.807) is 62.4 Å². The van der Waals surface area contributed by atoms with E-state index >= 15 is 4.39 Å². The summed E-state index contributed by atoms with van der Waals surface area (Å²) in [4.78, 5) is 48.7. The van der Waals surface area contributed by atoms with Crippen LogP contribution in [0, 0.1) is 11.7 Å². The topological polar surface area (TPSA) is 105 Å². The number of halogens is 1. The molecule has 0 bridgehead atoms. The second-order valence-corrected chi connectivity index (χ2v) is 12.2. The third-order valence-corrected chi connectivity index (χ3v) is 7.16. The highest BCUT2D eigenvalue weighted by molar-refractivity contribution is 5.91. The van der Waals surface area contributed by atoms with Crippen LogP contribution in [0.4, 0.5) is 4.39 Å². The highest BCUT2D eigenvalue weighted by Crippen LogP contribution is 2.33. The summed E-state index contributed by atoms with van der Waals surface area (Å²) in [5.74, 6) is -2.60. The highest BCUT2D eigenvalue weighted by Gasteiger charge is 2.15. The molecule has 4 aromatic carbocycles. The maximum absolute atomic E-state index is 15.4. The van der Waals surface area contributed by atoms with Crippen LogP contribution in [0.15, 0.2) is 115 Å². The molecule has 0 unspecified atom stereocenters. The summed E-state index contributed by atoms with van der Waals surface area (Å²) in [5.41, 5.74) is 4.06. The monoisotopic (exact) mass is 688 g/mol. The number of carbonyl (C=O) groups is 4. The van der Waals surface area contributed by atoms with Crippen LogP contribution in [0.3, 0.4) is 0 Å². The molecule has 0 aliphatic heterocycles. The summed E-state index contributed by atoms with van der Waals surface area (Å²) in [6, 6.07) is 21.3. The van der Waals surface area contributed by atoms with Gasteiger partial charge in [0, 0.05) is 34.4 Å². The van der Waals surface area contributed by atoms with Gasteiger partial charge in [-0.3, -0.25) is 4.79 Å². The SMILES string of the molecule is C=C(C)C(=O)Oc1cc(/C=C/c2ccc(-c3ccc(-c4cc(OC(=O)C(=C)C)cc(OC(=O)C(C)C)c4)cc3)cc2F)cc(OC(=O)C(=C)C)c1. The quantitative estimate of drug-likeness (QED) is 0.0628. The van der Waals surface area contributed by atoms with Gasteiger partial charge in [-0.2, -0.15) is 0 Å². The van der Waals surface area contributed by atoms with Crippen molar-refractivity contribution in [2.75, 3.05) is 0 Å². The molecule has 0 N–H and O–H groups in total. The Balaban J connectivity index is 1.59. The Kier molecular flexibility index (Phi) is 12.0. The summed E-state index contributed by atoms with van der Waals surface area (Å²) < 4.78 is 37.0. The molecule has 4 aromatic rings. The first-order chi connectivity index (χ1) is 24.1. The summed E-state index contributed by atoms with van der Waals surface area (Å²) in [6.07, 6.45) is 3.14. The lowest BCUT2D eigenvalue weighted by Crippen LogP contribution is -2.15. The second kappa shape index (κ2) is 16.4. The largest absolute Gasteiger partial charge is 0.426 e. The maximum Gasteiger partial charge on any atom is 0.338 e. The summed E-state index contributed by atoms with van der Waals surface area (Å²) in [6.45, 7) is 18.7. The molecule has 8 nitrogen and oxygen atoms in total. The van der Waals surface area contributed by atoms with Crippen molar-refractivity contribution in [3.05, 3.63) is 132 Å². The Bertz CT molecular complexity index is 2040. The number of rotatable bonds is 12. The minimum atomic E-state index is -0.655. The predicted octanol–water partition coefficient (Wildman–Crippen LogP) is 9.34. The van der Waals surface area contributed by atoms with Gasteiger partial charge < -0.3 is 18.9 Å². The molecule has 9 heteroatoms. The fraction of sp³-hybridized carbons (Fsp3) is 0.143. The Morgan fingerprint density at radius 2 is 0.961 bits per heavy atom. The van der Waals surface area contributed by atoms with Gasteiger partial charge in [0.05, 0.1) is 5.92 Å². The maximum atomic E-state index is 15.4. The van der Waals surface area contributed by atoms with Gasteiger partial charge in [0.2, 0.25) is 0 Å². The number of ether oxygens (including phenoxy) is 4. The first-order valence-corrected chi connectivity index (χ1v) is 15.8. The van der Waals surface area contributed by atoms with Crippen molar-refractivity contribution in [1.29, 1.82) is 0 Å². The van der Waals surface area contributed by atoms with Crippen LogP contribution in [-0.4, -0.2) is 23.9 Å². The van der Waals surface area contributed by atoms with Crippen LogP contribution in [0.5, 0.6) is 23.0 Å². The predicted molar refractivity (Wildman–Crippen MR) is 194 cm³/mol. The third kappa shape index (κ3) is 10.3. The molecule has 0 atom stereocenters. The van der Waals surface area contributed by atoms with Crippen LogP contribution >= 0.6 is 0 Å². The van der Waals surface area contributed by atoms with E-state index in [0.717, 1.165) is 11.1 Å². The van der Waals surface area contributed by atoms with Crippen molar-refractivity contribution in [3.8, 4) is 45.3 Å². The number of hydrogen-bond donors (Lipinski definition) is 0. The van der Waals surface area contributed by atoms with Crippen molar-refractivity contribution in [3.63, 3.8) is 0 Å². The number of carbonyl (C=O) groups excluding carboxylic acids is 4. The Morgan fingerprint density at radius 3 is 1.39 bits per heavy atom. The van der Waals surface area contributed by atoms with Crippen LogP contribution in [0.25, 0.3) is 34.4 Å². The van der Waals surface area contributed by atoms with Crippen LogP contribution < -0.4 is 18.9 Å². The molecule has 0 aliphatic rings. The van der Waals surface area contributed by atoms with Crippen molar-refractivity contribution < 1.29 is 42.5 Å². The van der Waals surface area contributed by atoms with Gasteiger partial charge in [-0.1, -0.05) is 82.1 Å². The average molecular weight is 689 g/mol. The van der Waals surface area contributed by atoms with Gasteiger partial charge >= 0.3 is 23.9 Å². The first-order valence-electron chi connectivity index (χ1n) is 15.8. The van der Waals surface area contributed by atoms with Gasteiger partial charge in [0.25, 0.3) is 0 Å². The minimum absolute atomic E-state index is 0.112. The molecule has 0 radical (unpaired) electrons. The second-order valence-electron chi connectivity index (χ2n) is 12.2. The van der Waals surface area contributed by atoms with Gasteiger partial charge in [-0.05, 0) is 78.9 Å². The van der Waals surface area contributed by atoms with E-state index in [4.69, 9.17) is 18.9 Å². The standard InChI is InChI=1S/C42H37FO8/c1-24(2)39(44)48-34-17-28(18-35(22-34)49-40(45)25(3)4)9-10-31-15-16-32(21-38(31)43)29-11-13-30(14-12-29)33-19-36(50-41(46)26(5)6)23-37(20-33)51-42(47)27(7)8/h9-23,27H,1,3,5H2,2,4,6-8H3/b10-9+. The lowest BCUT2D eigenvalue weighted by molar-refractivity contribution is -0.137. The smallest absolute Gasteiger partial charge is 0.338 e. The van der Waals surface area contributed by atoms with E-state index in [-0.39, 0.29) is 51.2 Å². The van der Waals surface area contributed by atoms with Crippen molar-refractivity contribution in [1.82, 2.24) is 0 Å². The van der Waals surface area contributed by atoms with E-state index in [2.05, 4.69) is 19.7 Å². The minimum Gasteiger partial charge on any atom is -0.426 e. The lowest BCUT2D eigenvalue weighted by atomic mass is 9.99. The molecule has 0 heterocycles. The zero-order valence-electron chi connectivity index (χ0n) is 29.0. The molecule has 51 heavy (non-hydrogen) atoms. The molecule has 4 rings (SSSR count). The normalized spacial score (nSPS) is 10.8. The molecule has 0 saturated carbocycles. The van der Waals surface area contributed by atoms with Crippen LogP contribution in [0.2, 0.25) is 0 Å². The van der Waals surface area contributed by atoms with Gasteiger partial charge in [0.15, 0.2) is 0 Å². The molecule has 260 valence electrons.